The van der Waals surface area contributed by atoms with Crippen molar-refractivity contribution in [2.45, 2.75) is 6.54 Å². The van der Waals surface area contributed by atoms with Gasteiger partial charge in [-0.2, -0.15) is 0 Å². The van der Waals surface area contributed by atoms with Crippen molar-refractivity contribution in [1.82, 2.24) is 0 Å². The number of anilines is 1. The summed E-state index contributed by atoms with van der Waals surface area (Å²) in [5, 5.41) is 2.69. The molecule has 0 spiro atoms. The molecule has 1 rings (SSSR count). The highest BCUT2D eigenvalue weighted by molar-refractivity contribution is 5.91. The minimum atomic E-state index is -0.159. The molecule has 4 nitrogen and oxygen atoms in total. The number of ether oxygens (including phenoxy) is 1. The van der Waals surface area contributed by atoms with Gasteiger partial charge in [-0.1, -0.05) is 12.1 Å². The van der Waals surface area contributed by atoms with Crippen molar-refractivity contribution in [1.29, 1.82) is 0 Å². The molecule has 0 saturated heterocycles. The first-order valence-corrected chi connectivity index (χ1v) is 4.34. The number of amides is 1. The predicted molar refractivity (Wildman–Crippen MR) is 62.1 cm³/mol. The van der Waals surface area contributed by atoms with Crippen LogP contribution in [-0.4, -0.2) is 19.6 Å². The Kier molecular flexibility index (Phi) is 6.70. The third-order valence-corrected chi connectivity index (χ3v) is 1.75. The summed E-state index contributed by atoms with van der Waals surface area (Å²) in [4.78, 5) is 11.1. The van der Waals surface area contributed by atoms with Crippen LogP contribution in [0.15, 0.2) is 24.3 Å². The molecule has 0 atom stereocenters. The summed E-state index contributed by atoms with van der Waals surface area (Å²) >= 11 is 0. The van der Waals surface area contributed by atoms with E-state index in [2.05, 4.69) is 10.1 Å². The SMILES string of the molecule is COCC(=O)Nc1ccc(CN)cc1.Cl. The minimum absolute atomic E-state index is 0. The molecule has 1 aromatic carbocycles. The second-order valence-corrected chi connectivity index (χ2v) is 2.88. The number of nitrogens with two attached hydrogens (primary N) is 1. The van der Waals surface area contributed by atoms with Crippen LogP contribution in [0.2, 0.25) is 0 Å². The van der Waals surface area contributed by atoms with E-state index in [1.165, 1.54) is 7.11 Å². The van der Waals surface area contributed by atoms with E-state index in [1.54, 1.807) is 0 Å². The molecule has 0 aliphatic heterocycles. The van der Waals surface area contributed by atoms with Gasteiger partial charge in [0.2, 0.25) is 5.91 Å². The number of rotatable bonds is 4. The number of hydrogen-bond acceptors (Lipinski definition) is 3. The molecule has 84 valence electrons. The Labute approximate surface area is 95.2 Å². The zero-order chi connectivity index (χ0) is 10.4. The van der Waals surface area contributed by atoms with Gasteiger partial charge in [0, 0.05) is 19.3 Å². The van der Waals surface area contributed by atoms with E-state index in [-0.39, 0.29) is 24.9 Å². The number of halogens is 1. The summed E-state index contributed by atoms with van der Waals surface area (Å²) in [7, 11) is 1.48. The summed E-state index contributed by atoms with van der Waals surface area (Å²) in [6.07, 6.45) is 0. The lowest BCUT2D eigenvalue weighted by Crippen LogP contribution is -2.17. The van der Waals surface area contributed by atoms with Gasteiger partial charge >= 0.3 is 0 Å². The molecule has 0 fully saturated rings. The van der Waals surface area contributed by atoms with Crippen LogP contribution >= 0.6 is 12.4 Å². The Morgan fingerprint density at radius 3 is 2.47 bits per heavy atom. The van der Waals surface area contributed by atoms with Crippen LogP contribution in [0.3, 0.4) is 0 Å². The summed E-state index contributed by atoms with van der Waals surface area (Å²) in [5.74, 6) is -0.159. The highest BCUT2D eigenvalue weighted by Crippen LogP contribution is 2.08. The highest BCUT2D eigenvalue weighted by Gasteiger charge is 2.00. The van der Waals surface area contributed by atoms with E-state index in [4.69, 9.17) is 5.73 Å². The Morgan fingerprint density at radius 1 is 1.40 bits per heavy atom. The van der Waals surface area contributed by atoms with Crippen molar-refractivity contribution >= 4 is 24.0 Å². The second-order valence-electron chi connectivity index (χ2n) is 2.88. The van der Waals surface area contributed by atoms with Gasteiger partial charge < -0.3 is 15.8 Å². The number of benzene rings is 1. The van der Waals surface area contributed by atoms with Gasteiger partial charge in [0.1, 0.15) is 6.61 Å². The smallest absolute Gasteiger partial charge is 0.250 e. The van der Waals surface area contributed by atoms with Crippen LogP contribution < -0.4 is 11.1 Å². The first-order valence-electron chi connectivity index (χ1n) is 4.34. The summed E-state index contributed by atoms with van der Waals surface area (Å²) in [5.41, 5.74) is 7.23. The first kappa shape index (κ1) is 13.9. The van der Waals surface area contributed by atoms with Crippen molar-refractivity contribution in [2.24, 2.45) is 5.73 Å². The molecular weight excluding hydrogens is 216 g/mol. The standard InChI is InChI=1S/C10H14N2O2.ClH/c1-14-7-10(13)12-9-4-2-8(6-11)3-5-9;/h2-5H,6-7,11H2,1H3,(H,12,13);1H. The Morgan fingerprint density at radius 2 is 2.00 bits per heavy atom. The lowest BCUT2D eigenvalue weighted by molar-refractivity contribution is -0.119. The van der Waals surface area contributed by atoms with Crippen molar-refractivity contribution in [3.05, 3.63) is 29.8 Å². The topological polar surface area (TPSA) is 64.3 Å². The predicted octanol–water partition coefficient (Wildman–Crippen LogP) is 1.15. The minimum Gasteiger partial charge on any atom is -0.375 e. The van der Waals surface area contributed by atoms with E-state index < -0.39 is 0 Å². The maximum absolute atomic E-state index is 11.1. The summed E-state index contributed by atoms with van der Waals surface area (Å²) in [6.45, 7) is 0.574. The fraction of sp³-hybridized carbons (Fsp3) is 0.300. The van der Waals surface area contributed by atoms with Gasteiger partial charge in [0.15, 0.2) is 0 Å². The lowest BCUT2D eigenvalue weighted by Gasteiger charge is -2.04. The monoisotopic (exact) mass is 230 g/mol. The fourth-order valence-electron chi connectivity index (χ4n) is 1.05. The lowest BCUT2D eigenvalue weighted by atomic mass is 10.2. The van der Waals surface area contributed by atoms with Gasteiger partial charge in [0.05, 0.1) is 0 Å². The first-order chi connectivity index (χ1) is 6.76. The molecule has 0 unspecified atom stereocenters. The molecule has 0 heterocycles. The van der Waals surface area contributed by atoms with Crippen molar-refractivity contribution < 1.29 is 9.53 Å². The van der Waals surface area contributed by atoms with Crippen LogP contribution in [0.5, 0.6) is 0 Å². The van der Waals surface area contributed by atoms with E-state index >= 15 is 0 Å². The molecule has 3 N–H and O–H groups in total. The van der Waals surface area contributed by atoms with E-state index in [0.717, 1.165) is 11.3 Å². The van der Waals surface area contributed by atoms with Crippen LogP contribution in [0.25, 0.3) is 0 Å². The van der Waals surface area contributed by atoms with Crippen LogP contribution in [0.1, 0.15) is 5.56 Å². The Bertz CT molecular complexity index is 301. The normalized spacial score (nSPS) is 9.20. The average molecular weight is 231 g/mol. The number of nitrogens with one attached hydrogen (secondary N) is 1. The quantitative estimate of drug-likeness (QED) is 0.816. The molecule has 0 aliphatic carbocycles. The Balaban J connectivity index is 0.00000196. The van der Waals surface area contributed by atoms with E-state index in [0.29, 0.717) is 6.54 Å². The molecule has 0 radical (unpaired) electrons. The van der Waals surface area contributed by atoms with Crippen LogP contribution in [0.4, 0.5) is 5.69 Å². The Hall–Kier alpha value is -1.10. The van der Waals surface area contributed by atoms with Gasteiger partial charge in [-0.3, -0.25) is 4.79 Å². The summed E-state index contributed by atoms with van der Waals surface area (Å²) < 4.78 is 4.69. The van der Waals surface area contributed by atoms with E-state index in [9.17, 15) is 4.79 Å². The number of carbonyl (C=O) groups is 1. The summed E-state index contributed by atoms with van der Waals surface area (Å²) in [6, 6.07) is 7.39. The molecule has 0 bridgehead atoms. The van der Waals surface area contributed by atoms with Gasteiger partial charge in [-0.25, -0.2) is 0 Å². The van der Waals surface area contributed by atoms with Crippen molar-refractivity contribution in [3.8, 4) is 0 Å². The average Bonchev–Trinajstić information content (AvgIpc) is 2.19. The molecule has 15 heavy (non-hydrogen) atoms. The number of hydrogen-bond donors (Lipinski definition) is 2. The molecule has 1 aromatic rings. The highest BCUT2D eigenvalue weighted by atomic mass is 35.5. The zero-order valence-electron chi connectivity index (χ0n) is 8.53. The molecular formula is C10H15ClN2O2. The van der Waals surface area contributed by atoms with E-state index in [1.807, 2.05) is 24.3 Å². The van der Waals surface area contributed by atoms with Crippen LogP contribution in [0, 0.1) is 0 Å². The molecule has 0 saturated carbocycles. The molecule has 0 aromatic heterocycles. The van der Waals surface area contributed by atoms with Gasteiger partial charge in [-0.05, 0) is 17.7 Å². The third-order valence-electron chi connectivity index (χ3n) is 1.75. The van der Waals surface area contributed by atoms with Gasteiger partial charge in [0.25, 0.3) is 0 Å². The maximum atomic E-state index is 11.1. The fourth-order valence-corrected chi connectivity index (χ4v) is 1.05. The third kappa shape index (κ3) is 4.78. The molecule has 5 heteroatoms. The largest absolute Gasteiger partial charge is 0.375 e. The van der Waals surface area contributed by atoms with Gasteiger partial charge in [-0.15, -0.1) is 12.4 Å². The second kappa shape index (κ2) is 7.23. The number of methoxy groups -OCH3 is 1. The van der Waals surface area contributed by atoms with Crippen LogP contribution in [-0.2, 0) is 16.1 Å². The molecule has 1 amide bonds. The zero-order valence-corrected chi connectivity index (χ0v) is 9.34. The maximum Gasteiger partial charge on any atom is 0.250 e. The van der Waals surface area contributed by atoms with Crippen molar-refractivity contribution in [2.75, 3.05) is 19.0 Å². The molecule has 0 aliphatic rings. The van der Waals surface area contributed by atoms with Crippen molar-refractivity contribution in [3.63, 3.8) is 0 Å². The number of carbonyl (C=O) groups excluding carboxylic acids is 1.